The molecule has 2 amide bonds. The van der Waals surface area contributed by atoms with E-state index >= 15 is 0 Å². The third-order valence-corrected chi connectivity index (χ3v) is 8.13. The van der Waals surface area contributed by atoms with Gasteiger partial charge < -0.3 is 14.5 Å². The Morgan fingerprint density at radius 2 is 1.67 bits per heavy atom. The zero-order valence-electron chi connectivity index (χ0n) is 21.7. The minimum absolute atomic E-state index is 0.0344. The summed E-state index contributed by atoms with van der Waals surface area (Å²) in [4.78, 5) is 42.1. The summed E-state index contributed by atoms with van der Waals surface area (Å²) in [6.45, 7) is 2.71. The van der Waals surface area contributed by atoms with Gasteiger partial charge in [-0.05, 0) is 29.8 Å². The molecule has 6 rings (SSSR count). The van der Waals surface area contributed by atoms with Crippen LogP contribution in [0.4, 0.5) is 11.4 Å². The molecule has 198 valence electrons. The number of carbonyl (C=O) groups is 2. The fraction of sp³-hybridized carbons (Fsp3) is 0.267. The number of hydrogen-bond donors (Lipinski definition) is 0. The highest BCUT2D eigenvalue weighted by Crippen LogP contribution is 2.34. The Hall–Kier alpha value is -4.11. The number of amides is 2. The summed E-state index contributed by atoms with van der Waals surface area (Å²) in [5.74, 6) is 1.59. The lowest BCUT2D eigenvalue weighted by Crippen LogP contribution is -2.49. The van der Waals surface area contributed by atoms with Crippen LogP contribution in [0.2, 0.25) is 0 Å². The van der Waals surface area contributed by atoms with Crippen LogP contribution in [0.1, 0.15) is 11.1 Å². The van der Waals surface area contributed by atoms with Crippen molar-refractivity contribution >= 4 is 46.0 Å². The fourth-order valence-electron chi connectivity index (χ4n) is 5.17. The second-order valence-electron chi connectivity index (χ2n) is 9.57. The summed E-state index contributed by atoms with van der Waals surface area (Å²) in [6.07, 6.45) is 0.523. The number of rotatable bonds is 6. The van der Waals surface area contributed by atoms with Crippen LogP contribution in [0.3, 0.4) is 0 Å². The van der Waals surface area contributed by atoms with Gasteiger partial charge in [-0.1, -0.05) is 66.4 Å². The van der Waals surface area contributed by atoms with E-state index in [4.69, 9.17) is 14.7 Å². The van der Waals surface area contributed by atoms with Crippen molar-refractivity contribution < 1.29 is 14.3 Å². The number of anilines is 1. The van der Waals surface area contributed by atoms with Gasteiger partial charge in [-0.3, -0.25) is 14.6 Å². The van der Waals surface area contributed by atoms with Gasteiger partial charge in [0.15, 0.2) is 5.17 Å². The summed E-state index contributed by atoms with van der Waals surface area (Å²) in [5, 5.41) is 0.508. The number of benzene rings is 3. The van der Waals surface area contributed by atoms with Crippen molar-refractivity contribution in [1.29, 1.82) is 0 Å². The number of methoxy groups -OCH3 is 1. The number of piperazine rings is 1. The molecular weight excluding hydrogens is 510 g/mol. The molecule has 3 aliphatic heterocycles. The minimum atomic E-state index is -0.516. The normalized spacial score (nSPS) is 18.3. The maximum Gasteiger partial charge on any atom is 0.259 e. The molecule has 3 aliphatic rings. The molecule has 3 heterocycles. The molecule has 1 saturated heterocycles. The maximum absolute atomic E-state index is 13.5. The van der Waals surface area contributed by atoms with E-state index < -0.39 is 6.04 Å². The zero-order chi connectivity index (χ0) is 26.8. The third kappa shape index (κ3) is 5.02. The van der Waals surface area contributed by atoms with E-state index in [1.54, 1.807) is 12.0 Å². The molecular formula is C30H29N5O3S. The average Bonchev–Trinajstić information content (AvgIpc) is 3.32. The Morgan fingerprint density at radius 1 is 0.949 bits per heavy atom. The number of aliphatic imine (C=N–C) groups is 2. The van der Waals surface area contributed by atoms with Crippen molar-refractivity contribution in [3.05, 3.63) is 90.0 Å². The average molecular weight is 540 g/mol. The highest BCUT2D eigenvalue weighted by Gasteiger charge is 2.41. The van der Waals surface area contributed by atoms with Crippen LogP contribution in [0, 0.1) is 0 Å². The minimum Gasteiger partial charge on any atom is -0.495 e. The second kappa shape index (κ2) is 10.9. The van der Waals surface area contributed by atoms with Gasteiger partial charge in [0.05, 0.1) is 24.2 Å². The van der Waals surface area contributed by atoms with Crippen LogP contribution in [-0.2, 0) is 16.0 Å². The Balaban J connectivity index is 1.14. The Morgan fingerprint density at radius 3 is 2.46 bits per heavy atom. The molecule has 9 heteroatoms. The molecule has 3 aromatic carbocycles. The van der Waals surface area contributed by atoms with Gasteiger partial charge in [0, 0.05) is 38.2 Å². The van der Waals surface area contributed by atoms with Crippen molar-refractivity contribution in [3.8, 4) is 5.75 Å². The Labute approximate surface area is 232 Å². The molecule has 0 bridgehead atoms. The van der Waals surface area contributed by atoms with Gasteiger partial charge in [-0.15, -0.1) is 0 Å². The van der Waals surface area contributed by atoms with Gasteiger partial charge in [-0.25, -0.2) is 9.89 Å². The van der Waals surface area contributed by atoms with Gasteiger partial charge in [0.25, 0.3) is 5.91 Å². The number of nitrogens with zero attached hydrogens (tertiary/aromatic N) is 5. The lowest BCUT2D eigenvalue weighted by atomic mass is 10.1. The van der Waals surface area contributed by atoms with Crippen LogP contribution < -0.4 is 9.64 Å². The highest BCUT2D eigenvalue weighted by atomic mass is 32.2. The van der Waals surface area contributed by atoms with Gasteiger partial charge in [0.1, 0.15) is 17.6 Å². The fourth-order valence-corrected chi connectivity index (χ4v) is 6.08. The SMILES string of the molecule is COc1ccccc1N1CCN(C(=O)CSC2=Nc3ccccc3C3=N[C@@H](Cc4ccccc4)C(=O)N23)CC1. The van der Waals surface area contributed by atoms with E-state index in [1.807, 2.05) is 83.8 Å². The maximum atomic E-state index is 13.5. The van der Waals surface area contributed by atoms with E-state index in [1.165, 1.54) is 11.8 Å². The van der Waals surface area contributed by atoms with E-state index in [0.717, 1.165) is 41.3 Å². The first-order valence-corrected chi connectivity index (χ1v) is 14.0. The lowest BCUT2D eigenvalue weighted by molar-refractivity contribution is -0.128. The molecule has 39 heavy (non-hydrogen) atoms. The zero-order valence-corrected chi connectivity index (χ0v) is 22.5. The van der Waals surface area contributed by atoms with Crippen LogP contribution in [-0.4, -0.2) is 77.7 Å². The Kier molecular flexibility index (Phi) is 7.06. The van der Waals surface area contributed by atoms with Gasteiger partial charge >= 0.3 is 0 Å². The molecule has 0 unspecified atom stereocenters. The topological polar surface area (TPSA) is 77.8 Å². The number of fused-ring (bicyclic) bond motifs is 3. The highest BCUT2D eigenvalue weighted by molar-refractivity contribution is 8.14. The molecule has 8 nitrogen and oxygen atoms in total. The van der Waals surface area contributed by atoms with Crippen molar-refractivity contribution in [1.82, 2.24) is 9.80 Å². The largest absolute Gasteiger partial charge is 0.495 e. The Bertz CT molecular complexity index is 1450. The summed E-state index contributed by atoms with van der Waals surface area (Å²) in [7, 11) is 1.67. The van der Waals surface area contributed by atoms with Crippen molar-refractivity contribution in [2.75, 3.05) is 43.9 Å². The first-order chi connectivity index (χ1) is 19.1. The van der Waals surface area contributed by atoms with Crippen molar-refractivity contribution in [2.24, 2.45) is 9.98 Å². The van der Waals surface area contributed by atoms with Gasteiger partial charge in [0.2, 0.25) is 5.91 Å². The number of ether oxygens (including phenoxy) is 1. The monoisotopic (exact) mass is 539 g/mol. The third-order valence-electron chi connectivity index (χ3n) is 7.20. The summed E-state index contributed by atoms with van der Waals surface area (Å²) < 4.78 is 5.51. The molecule has 0 aliphatic carbocycles. The van der Waals surface area contributed by atoms with E-state index in [9.17, 15) is 9.59 Å². The van der Waals surface area contributed by atoms with Crippen LogP contribution in [0.15, 0.2) is 88.8 Å². The lowest BCUT2D eigenvalue weighted by Gasteiger charge is -2.36. The number of amidine groups is 2. The van der Waals surface area contributed by atoms with Crippen molar-refractivity contribution in [3.63, 3.8) is 0 Å². The van der Waals surface area contributed by atoms with Gasteiger partial charge in [-0.2, -0.15) is 0 Å². The second-order valence-corrected chi connectivity index (χ2v) is 10.5. The molecule has 0 spiro atoms. The molecule has 0 saturated carbocycles. The molecule has 1 atom stereocenters. The summed E-state index contributed by atoms with van der Waals surface area (Å²) in [6, 6.07) is 25.1. The summed E-state index contributed by atoms with van der Waals surface area (Å²) >= 11 is 1.30. The number of carbonyl (C=O) groups excluding carboxylic acids is 2. The van der Waals surface area contributed by atoms with Crippen LogP contribution in [0.5, 0.6) is 5.75 Å². The first-order valence-electron chi connectivity index (χ1n) is 13.0. The summed E-state index contributed by atoms with van der Waals surface area (Å²) in [5.41, 5.74) is 3.70. The van der Waals surface area contributed by atoms with Crippen LogP contribution >= 0.6 is 11.8 Å². The molecule has 0 radical (unpaired) electrons. The molecule has 1 fully saturated rings. The van der Waals surface area contributed by atoms with Crippen molar-refractivity contribution in [2.45, 2.75) is 12.5 Å². The smallest absolute Gasteiger partial charge is 0.259 e. The molecule has 0 aromatic heterocycles. The number of thioether (sulfide) groups is 1. The molecule has 0 N–H and O–H groups in total. The number of hydrogen-bond acceptors (Lipinski definition) is 7. The number of para-hydroxylation sites is 3. The van der Waals surface area contributed by atoms with E-state index in [-0.39, 0.29) is 17.6 Å². The molecule has 3 aromatic rings. The first kappa shape index (κ1) is 25.2. The predicted molar refractivity (Wildman–Crippen MR) is 155 cm³/mol. The van der Waals surface area contributed by atoms with Crippen LogP contribution in [0.25, 0.3) is 0 Å². The quantitative estimate of drug-likeness (QED) is 0.474. The van der Waals surface area contributed by atoms with E-state index in [0.29, 0.717) is 30.5 Å². The predicted octanol–water partition coefficient (Wildman–Crippen LogP) is 3.98. The standard InChI is InChI=1S/C30H29N5O3S/c1-38-26-14-8-7-13-25(26)33-15-17-34(18-16-33)27(36)20-39-30-32-23-12-6-5-11-22(23)28-31-24(29(37)35(28)30)19-21-9-3-2-4-10-21/h2-14,24H,15-20H2,1H3/t24-/m0/s1. The van der Waals surface area contributed by atoms with E-state index in [2.05, 4.69) is 4.90 Å².